The Hall–Kier alpha value is -1.79. The Kier molecular flexibility index (Phi) is 5.12. The highest BCUT2D eigenvalue weighted by molar-refractivity contribution is 6.62. The Balaban J connectivity index is 1.36. The Bertz CT molecular complexity index is 1140. The van der Waals surface area contributed by atoms with Gasteiger partial charge in [-0.1, -0.05) is 30.3 Å². The Labute approximate surface area is 197 Å². The molecule has 33 heavy (non-hydrogen) atoms. The van der Waals surface area contributed by atoms with Crippen molar-refractivity contribution in [3.8, 4) is 11.3 Å². The summed E-state index contributed by atoms with van der Waals surface area (Å²) in [7, 11) is -0.617. The summed E-state index contributed by atoms with van der Waals surface area (Å²) in [6.07, 6.45) is 5.20. The molecule has 5 rings (SSSR count). The first-order valence-corrected chi connectivity index (χ1v) is 11.9. The molecule has 1 aromatic carbocycles. The van der Waals surface area contributed by atoms with Crippen molar-refractivity contribution in [1.29, 1.82) is 0 Å². The number of hydrogen-bond donors (Lipinski definition) is 0. The Morgan fingerprint density at radius 3 is 1.88 bits per heavy atom. The largest absolute Gasteiger partial charge is 0.494 e. The van der Waals surface area contributed by atoms with Crippen LogP contribution in [0.4, 0.5) is 0 Å². The van der Waals surface area contributed by atoms with Crippen LogP contribution in [-0.4, -0.2) is 36.6 Å². The quantitative estimate of drug-likeness (QED) is 0.671. The molecule has 0 spiro atoms. The van der Waals surface area contributed by atoms with E-state index in [9.17, 15) is 0 Å². The topological polar surface area (TPSA) is 50.1 Å². The molecule has 1 atom stereocenters. The van der Waals surface area contributed by atoms with Gasteiger partial charge in [0.05, 0.1) is 22.4 Å². The summed E-state index contributed by atoms with van der Waals surface area (Å²) in [5.74, 6) is 1.01. The Morgan fingerprint density at radius 1 is 0.758 bits per heavy atom. The van der Waals surface area contributed by atoms with Gasteiger partial charge in [0.1, 0.15) is 11.2 Å². The van der Waals surface area contributed by atoms with E-state index < -0.39 is 0 Å². The second kappa shape index (κ2) is 7.35. The van der Waals surface area contributed by atoms with Gasteiger partial charge in [0.25, 0.3) is 0 Å². The van der Waals surface area contributed by atoms with Crippen LogP contribution in [0.1, 0.15) is 61.8 Å². The second-order valence-electron chi connectivity index (χ2n) is 11.5. The summed E-state index contributed by atoms with van der Waals surface area (Å²) in [4.78, 5) is 0. The fourth-order valence-corrected chi connectivity index (χ4v) is 4.43. The van der Waals surface area contributed by atoms with Crippen molar-refractivity contribution in [2.45, 2.75) is 90.0 Å². The van der Waals surface area contributed by atoms with Crippen molar-refractivity contribution in [3.05, 3.63) is 41.0 Å². The summed E-state index contributed by atoms with van der Waals surface area (Å²) in [5, 5.41) is 1.09. The lowest BCUT2D eigenvalue weighted by atomic mass is 9.68. The summed E-state index contributed by atoms with van der Waals surface area (Å²) in [5.41, 5.74) is 1.59. The molecule has 1 unspecified atom stereocenters. The third-order valence-electron chi connectivity index (χ3n) is 8.10. The predicted octanol–water partition coefficient (Wildman–Crippen LogP) is 3.67. The van der Waals surface area contributed by atoms with Gasteiger partial charge in [-0.3, -0.25) is 0 Å². The molecule has 0 amide bonds. The van der Waals surface area contributed by atoms with Gasteiger partial charge in [-0.2, -0.15) is 0 Å². The molecule has 2 fully saturated rings. The van der Waals surface area contributed by atoms with E-state index in [1.54, 1.807) is 0 Å². The van der Waals surface area contributed by atoms with Crippen LogP contribution in [0, 0.1) is 0 Å². The van der Waals surface area contributed by atoms with Crippen LogP contribution in [0.25, 0.3) is 23.5 Å². The van der Waals surface area contributed by atoms with Crippen LogP contribution in [0.5, 0.6) is 0 Å². The molecule has 2 aliphatic heterocycles. The highest BCUT2D eigenvalue weighted by Gasteiger charge is 2.53. The Morgan fingerprint density at radius 2 is 1.30 bits per heavy atom. The number of fused-ring (bicyclic) bond motifs is 1. The van der Waals surface area contributed by atoms with Gasteiger partial charge in [0.2, 0.25) is 0 Å². The van der Waals surface area contributed by atoms with Crippen molar-refractivity contribution >= 4 is 31.9 Å². The first-order valence-electron chi connectivity index (χ1n) is 11.9. The molecule has 0 radical (unpaired) electrons. The zero-order valence-corrected chi connectivity index (χ0v) is 21.0. The minimum absolute atomic E-state index is 0.162. The average Bonchev–Trinajstić information content (AvgIpc) is 3.31. The number of rotatable bonds is 3. The fraction of sp³-hybridized carbons (Fsp3) is 0.538. The number of benzene rings is 1. The van der Waals surface area contributed by atoms with E-state index in [2.05, 4.69) is 97.9 Å². The highest BCUT2D eigenvalue weighted by Crippen LogP contribution is 2.41. The molecule has 1 aliphatic carbocycles. The van der Waals surface area contributed by atoms with E-state index >= 15 is 0 Å². The van der Waals surface area contributed by atoms with Crippen LogP contribution in [0.15, 0.2) is 34.7 Å². The molecule has 2 saturated heterocycles. The van der Waals surface area contributed by atoms with Gasteiger partial charge in [0.15, 0.2) is 0 Å². The summed E-state index contributed by atoms with van der Waals surface area (Å²) in [6, 6.07) is 10.3. The standard InChI is InChI=1S/C26H34B2O5/c1-23(2)24(3,4)31-27(30-23)19-11-9-17(10-12-19)22-16-18-15-20(13-14-21(18)29-22)28-32-25(5,6)26(7,8)33-28/h9-12,14-16,20H,13H2,1-8H3. The van der Waals surface area contributed by atoms with Gasteiger partial charge in [-0.25, -0.2) is 0 Å². The van der Waals surface area contributed by atoms with E-state index in [1.807, 2.05) is 0 Å². The van der Waals surface area contributed by atoms with E-state index in [4.69, 9.17) is 23.0 Å². The normalized spacial score (nSPS) is 26.6. The molecule has 5 nitrogen and oxygen atoms in total. The lowest BCUT2D eigenvalue weighted by Crippen LogP contribution is -2.41. The molecule has 3 aliphatic rings. The van der Waals surface area contributed by atoms with E-state index in [0.29, 0.717) is 0 Å². The fourth-order valence-electron chi connectivity index (χ4n) is 4.43. The third kappa shape index (κ3) is 3.83. The maximum absolute atomic E-state index is 6.27. The van der Waals surface area contributed by atoms with Crippen LogP contribution in [-0.2, 0) is 18.6 Å². The van der Waals surface area contributed by atoms with Crippen LogP contribution < -0.4 is 16.1 Å². The van der Waals surface area contributed by atoms with E-state index in [0.717, 1.165) is 33.8 Å². The van der Waals surface area contributed by atoms with Gasteiger partial charge in [-0.15, -0.1) is 0 Å². The van der Waals surface area contributed by atoms with Crippen LogP contribution >= 0.6 is 0 Å². The van der Waals surface area contributed by atoms with E-state index in [1.165, 1.54) is 0 Å². The average molecular weight is 448 g/mol. The summed E-state index contributed by atoms with van der Waals surface area (Å²) in [6.45, 7) is 16.6. The zero-order chi connectivity index (χ0) is 23.8. The van der Waals surface area contributed by atoms with Crippen molar-refractivity contribution < 1.29 is 23.0 Å². The molecular weight excluding hydrogens is 414 g/mol. The molecule has 174 valence electrons. The minimum atomic E-state index is -0.365. The number of furan rings is 1. The van der Waals surface area contributed by atoms with Crippen LogP contribution in [0.3, 0.4) is 0 Å². The van der Waals surface area contributed by atoms with Gasteiger partial charge < -0.3 is 23.0 Å². The molecule has 0 bridgehead atoms. The predicted molar refractivity (Wildman–Crippen MR) is 132 cm³/mol. The highest BCUT2D eigenvalue weighted by atomic mass is 16.7. The lowest BCUT2D eigenvalue weighted by molar-refractivity contribution is 0.00578. The number of hydrogen-bond acceptors (Lipinski definition) is 5. The monoisotopic (exact) mass is 448 g/mol. The molecule has 2 aromatic rings. The minimum Gasteiger partial charge on any atom is -0.456 e. The third-order valence-corrected chi connectivity index (χ3v) is 8.10. The molecule has 0 saturated carbocycles. The van der Waals surface area contributed by atoms with Gasteiger partial charge in [-0.05, 0) is 79.4 Å². The van der Waals surface area contributed by atoms with Gasteiger partial charge in [0, 0.05) is 16.6 Å². The molecular formula is C26H34B2O5. The van der Waals surface area contributed by atoms with Gasteiger partial charge >= 0.3 is 14.2 Å². The first-order chi connectivity index (χ1) is 15.3. The summed E-state index contributed by atoms with van der Waals surface area (Å²) < 4.78 is 31.1. The SMILES string of the molecule is CC1(C)OB(c2ccc(-c3cc4c(o3)=CCC(B3OC(C)(C)C(C)(C)O3)C=4)cc2)OC1(C)C. The van der Waals surface area contributed by atoms with Crippen molar-refractivity contribution in [1.82, 2.24) is 0 Å². The second-order valence-corrected chi connectivity index (χ2v) is 11.5. The zero-order valence-electron chi connectivity index (χ0n) is 21.0. The molecule has 1 aromatic heterocycles. The smallest absolute Gasteiger partial charge is 0.456 e. The maximum Gasteiger partial charge on any atom is 0.494 e. The van der Waals surface area contributed by atoms with Crippen LogP contribution in [0.2, 0.25) is 5.82 Å². The van der Waals surface area contributed by atoms with Crippen molar-refractivity contribution in [2.75, 3.05) is 0 Å². The molecule has 3 heterocycles. The van der Waals surface area contributed by atoms with Crippen molar-refractivity contribution in [2.24, 2.45) is 0 Å². The van der Waals surface area contributed by atoms with Crippen molar-refractivity contribution in [3.63, 3.8) is 0 Å². The summed E-state index contributed by atoms with van der Waals surface area (Å²) >= 11 is 0. The molecule has 0 N–H and O–H groups in total. The lowest BCUT2D eigenvalue weighted by Gasteiger charge is -2.32. The maximum atomic E-state index is 6.27. The molecule has 7 heteroatoms. The first kappa shape index (κ1) is 23.0. The van der Waals surface area contributed by atoms with E-state index in [-0.39, 0.29) is 42.5 Å².